The van der Waals surface area contributed by atoms with Crippen LogP contribution in [0.15, 0.2) is 0 Å². The Labute approximate surface area is 133 Å². The summed E-state index contributed by atoms with van der Waals surface area (Å²) in [6, 6.07) is 0. The fourth-order valence-electron chi connectivity index (χ4n) is 1.94. The third kappa shape index (κ3) is 6.13. The number of amides is 2. The van der Waals surface area contributed by atoms with Crippen molar-refractivity contribution in [3.8, 4) is 0 Å². The number of ketones is 1. The monoisotopic (exact) mass is 363 g/mol. The number of hydrogen-bond acceptors (Lipinski definition) is 5. The van der Waals surface area contributed by atoms with Crippen molar-refractivity contribution in [2.45, 2.75) is 39.2 Å². The zero-order valence-corrected chi connectivity index (χ0v) is 14.3. The fourth-order valence-corrected chi connectivity index (χ4v) is 2.17. The lowest BCUT2D eigenvalue weighted by atomic mass is 9.93. The molecule has 21 heavy (non-hydrogen) atoms. The third-order valence-electron chi connectivity index (χ3n) is 2.93. The van der Waals surface area contributed by atoms with Gasteiger partial charge < -0.3 is 9.47 Å². The second kappa shape index (κ2) is 7.89. The Morgan fingerprint density at radius 1 is 1.33 bits per heavy atom. The van der Waals surface area contributed by atoms with Crippen molar-refractivity contribution in [1.29, 1.82) is 0 Å². The SMILES string of the molecule is CC(C)(C)OC(=O)N1CC(CCOCCBr)C(=O)CC1=O. The van der Waals surface area contributed by atoms with E-state index in [-0.39, 0.29) is 24.7 Å². The topological polar surface area (TPSA) is 72.9 Å². The summed E-state index contributed by atoms with van der Waals surface area (Å²) in [6.07, 6.45) is -0.438. The van der Waals surface area contributed by atoms with Crippen LogP contribution in [-0.2, 0) is 19.1 Å². The van der Waals surface area contributed by atoms with Crippen LogP contribution in [-0.4, -0.2) is 53.4 Å². The Hall–Kier alpha value is -0.950. The van der Waals surface area contributed by atoms with Gasteiger partial charge in [0.05, 0.1) is 13.0 Å². The molecule has 0 aliphatic carbocycles. The number of halogens is 1. The van der Waals surface area contributed by atoms with Crippen LogP contribution < -0.4 is 0 Å². The van der Waals surface area contributed by atoms with E-state index < -0.39 is 17.6 Å². The average molecular weight is 364 g/mol. The molecule has 1 aliphatic rings. The van der Waals surface area contributed by atoms with Gasteiger partial charge in [0.1, 0.15) is 11.4 Å². The largest absolute Gasteiger partial charge is 0.443 e. The number of Topliss-reactive ketones (excluding diaryl/α,β-unsaturated/α-hetero) is 1. The molecule has 1 heterocycles. The first-order valence-electron chi connectivity index (χ1n) is 6.94. The van der Waals surface area contributed by atoms with Crippen molar-refractivity contribution < 1.29 is 23.9 Å². The van der Waals surface area contributed by atoms with Gasteiger partial charge in [0.25, 0.3) is 0 Å². The van der Waals surface area contributed by atoms with E-state index in [2.05, 4.69) is 15.9 Å². The molecule has 0 aromatic carbocycles. The molecular weight excluding hydrogens is 342 g/mol. The molecule has 1 atom stereocenters. The van der Waals surface area contributed by atoms with Gasteiger partial charge in [-0.05, 0) is 27.2 Å². The second-order valence-electron chi connectivity index (χ2n) is 5.91. The number of piperidine rings is 1. The number of likely N-dealkylation sites (tertiary alicyclic amines) is 1. The van der Waals surface area contributed by atoms with Crippen molar-refractivity contribution in [1.82, 2.24) is 4.90 Å². The molecule has 0 bridgehead atoms. The maximum absolute atomic E-state index is 12.0. The molecule has 0 aromatic heterocycles. The predicted molar refractivity (Wildman–Crippen MR) is 80.3 cm³/mol. The highest BCUT2D eigenvalue weighted by Gasteiger charge is 2.37. The molecule has 0 saturated carbocycles. The van der Waals surface area contributed by atoms with Crippen LogP contribution in [0.25, 0.3) is 0 Å². The zero-order valence-electron chi connectivity index (χ0n) is 12.7. The Balaban J connectivity index is 2.59. The number of ether oxygens (including phenoxy) is 2. The van der Waals surface area contributed by atoms with Crippen LogP contribution in [0.3, 0.4) is 0 Å². The molecule has 1 unspecified atom stereocenters. The third-order valence-corrected chi connectivity index (χ3v) is 3.25. The van der Waals surface area contributed by atoms with E-state index in [4.69, 9.17) is 9.47 Å². The summed E-state index contributed by atoms with van der Waals surface area (Å²) in [5.41, 5.74) is -0.673. The number of carbonyl (C=O) groups is 3. The number of rotatable bonds is 5. The summed E-state index contributed by atoms with van der Waals surface area (Å²) < 4.78 is 10.5. The zero-order chi connectivity index (χ0) is 16.0. The summed E-state index contributed by atoms with van der Waals surface area (Å²) >= 11 is 3.25. The number of nitrogens with zero attached hydrogens (tertiary/aromatic N) is 1. The molecule has 1 rings (SSSR count). The van der Waals surface area contributed by atoms with Gasteiger partial charge in [-0.15, -0.1) is 0 Å². The van der Waals surface area contributed by atoms with E-state index in [1.54, 1.807) is 20.8 Å². The average Bonchev–Trinajstić information content (AvgIpc) is 2.34. The minimum Gasteiger partial charge on any atom is -0.443 e. The van der Waals surface area contributed by atoms with E-state index in [0.717, 1.165) is 10.2 Å². The standard InChI is InChI=1S/C14H22BrNO5/c1-14(2,3)21-13(19)16-9-10(4-6-20-7-5-15)11(17)8-12(16)18/h10H,4-9H2,1-3H3. The lowest BCUT2D eigenvalue weighted by molar-refractivity contribution is -0.142. The van der Waals surface area contributed by atoms with E-state index >= 15 is 0 Å². The maximum Gasteiger partial charge on any atom is 0.417 e. The normalized spacial score (nSPS) is 19.8. The van der Waals surface area contributed by atoms with Crippen molar-refractivity contribution in [3.63, 3.8) is 0 Å². The first-order chi connectivity index (χ1) is 9.74. The van der Waals surface area contributed by atoms with Gasteiger partial charge in [-0.25, -0.2) is 9.69 Å². The molecule has 7 heteroatoms. The molecular formula is C14H22BrNO5. The Morgan fingerprint density at radius 2 is 2.00 bits per heavy atom. The van der Waals surface area contributed by atoms with E-state index in [0.29, 0.717) is 19.6 Å². The van der Waals surface area contributed by atoms with Gasteiger partial charge in [0, 0.05) is 24.4 Å². The van der Waals surface area contributed by atoms with Gasteiger partial charge in [0.2, 0.25) is 5.91 Å². The van der Waals surface area contributed by atoms with Gasteiger partial charge in [-0.1, -0.05) is 15.9 Å². The van der Waals surface area contributed by atoms with Crippen LogP contribution in [0, 0.1) is 5.92 Å². The summed E-state index contributed by atoms with van der Waals surface area (Å²) in [6.45, 7) is 6.26. The van der Waals surface area contributed by atoms with Crippen LogP contribution in [0.2, 0.25) is 0 Å². The minimum absolute atomic E-state index is 0.0737. The first-order valence-corrected chi connectivity index (χ1v) is 8.06. The summed E-state index contributed by atoms with van der Waals surface area (Å²) in [5, 5.41) is 0.730. The molecule has 1 aliphatic heterocycles. The highest BCUT2D eigenvalue weighted by molar-refractivity contribution is 9.09. The second-order valence-corrected chi connectivity index (χ2v) is 6.71. The number of carbonyl (C=O) groups excluding carboxylic acids is 3. The van der Waals surface area contributed by atoms with Crippen molar-refractivity contribution >= 4 is 33.7 Å². The van der Waals surface area contributed by atoms with E-state index in [1.165, 1.54) is 0 Å². The summed E-state index contributed by atoms with van der Waals surface area (Å²) in [5.74, 6) is -1.00. The van der Waals surface area contributed by atoms with Crippen LogP contribution in [0.5, 0.6) is 0 Å². The van der Waals surface area contributed by atoms with Crippen LogP contribution in [0.4, 0.5) is 4.79 Å². The summed E-state index contributed by atoms with van der Waals surface area (Å²) in [7, 11) is 0. The van der Waals surface area contributed by atoms with Gasteiger partial charge >= 0.3 is 6.09 Å². The van der Waals surface area contributed by atoms with Gasteiger partial charge in [-0.3, -0.25) is 9.59 Å². The van der Waals surface area contributed by atoms with E-state index in [1.807, 2.05) is 0 Å². The lowest BCUT2D eigenvalue weighted by Crippen LogP contribution is -2.49. The van der Waals surface area contributed by atoms with Gasteiger partial charge in [-0.2, -0.15) is 0 Å². The van der Waals surface area contributed by atoms with Crippen molar-refractivity contribution in [2.24, 2.45) is 5.92 Å². The molecule has 0 radical (unpaired) electrons. The van der Waals surface area contributed by atoms with E-state index in [9.17, 15) is 14.4 Å². The molecule has 0 N–H and O–H groups in total. The maximum atomic E-state index is 12.0. The van der Waals surface area contributed by atoms with Crippen LogP contribution in [0.1, 0.15) is 33.6 Å². The van der Waals surface area contributed by atoms with Crippen LogP contribution >= 0.6 is 15.9 Å². The highest BCUT2D eigenvalue weighted by Crippen LogP contribution is 2.20. The molecule has 0 spiro atoms. The van der Waals surface area contributed by atoms with Crippen molar-refractivity contribution in [2.75, 3.05) is 25.1 Å². The highest BCUT2D eigenvalue weighted by atomic mass is 79.9. The van der Waals surface area contributed by atoms with Crippen molar-refractivity contribution in [3.05, 3.63) is 0 Å². The quantitative estimate of drug-likeness (QED) is 0.425. The Bertz CT molecular complexity index is 405. The lowest BCUT2D eigenvalue weighted by Gasteiger charge is -2.31. The number of alkyl halides is 1. The number of imide groups is 1. The molecule has 2 amide bonds. The molecule has 1 saturated heterocycles. The molecule has 6 nitrogen and oxygen atoms in total. The summed E-state index contributed by atoms with van der Waals surface area (Å²) in [4.78, 5) is 36.7. The Morgan fingerprint density at radius 3 is 2.57 bits per heavy atom. The number of hydrogen-bond donors (Lipinski definition) is 0. The van der Waals surface area contributed by atoms with Gasteiger partial charge in [0.15, 0.2) is 0 Å². The molecule has 1 fully saturated rings. The predicted octanol–water partition coefficient (Wildman–Crippen LogP) is 2.14. The smallest absolute Gasteiger partial charge is 0.417 e. The molecule has 120 valence electrons. The Kier molecular flexibility index (Phi) is 6.80. The minimum atomic E-state index is -0.689. The molecule has 0 aromatic rings. The fraction of sp³-hybridized carbons (Fsp3) is 0.786. The first kappa shape index (κ1) is 18.1.